The van der Waals surface area contributed by atoms with E-state index in [9.17, 15) is 4.79 Å². The van der Waals surface area contributed by atoms with Crippen molar-refractivity contribution in [2.24, 2.45) is 0 Å². The van der Waals surface area contributed by atoms with E-state index < -0.39 is 0 Å². The molecule has 3 heteroatoms. The number of hydrogen-bond donors (Lipinski definition) is 0. The van der Waals surface area contributed by atoms with Gasteiger partial charge in [0.15, 0.2) is 5.78 Å². The highest BCUT2D eigenvalue weighted by atomic mass is 16.6. The van der Waals surface area contributed by atoms with Crippen molar-refractivity contribution in [1.29, 1.82) is 0 Å². The van der Waals surface area contributed by atoms with E-state index in [0.29, 0.717) is 23.5 Å². The third kappa shape index (κ3) is 4.78. The molecular formula is C24H30O3. The maximum absolute atomic E-state index is 13.3. The minimum Gasteiger partial charge on any atom is -0.491 e. The van der Waals surface area contributed by atoms with Crippen molar-refractivity contribution in [1.82, 2.24) is 0 Å². The second-order valence-corrected chi connectivity index (χ2v) is 9.38. The number of hydrogen-bond acceptors (Lipinski definition) is 3. The van der Waals surface area contributed by atoms with Crippen LogP contribution in [0.1, 0.15) is 68.6 Å². The average molecular weight is 367 g/mol. The molecule has 1 aliphatic rings. The molecule has 0 N–H and O–H groups in total. The Morgan fingerprint density at radius 3 is 2.15 bits per heavy atom. The highest BCUT2D eigenvalue weighted by Gasteiger charge is 2.26. The van der Waals surface area contributed by atoms with Crippen molar-refractivity contribution in [2.75, 3.05) is 13.2 Å². The number of benzene rings is 2. The van der Waals surface area contributed by atoms with E-state index in [1.807, 2.05) is 30.3 Å². The first-order valence-electron chi connectivity index (χ1n) is 9.60. The Bertz CT molecular complexity index is 816. The predicted molar refractivity (Wildman–Crippen MR) is 109 cm³/mol. The first kappa shape index (κ1) is 19.6. The molecule has 27 heavy (non-hydrogen) atoms. The lowest BCUT2D eigenvalue weighted by Crippen LogP contribution is -2.18. The number of ether oxygens (including phenoxy) is 2. The van der Waals surface area contributed by atoms with Crippen molar-refractivity contribution in [3.8, 4) is 5.75 Å². The predicted octanol–water partition coefficient (Wildman–Crippen LogP) is 5.29. The number of carbonyl (C=O) groups is 1. The van der Waals surface area contributed by atoms with Gasteiger partial charge in [0.05, 0.1) is 6.61 Å². The van der Waals surface area contributed by atoms with Gasteiger partial charge in [-0.05, 0) is 34.1 Å². The molecule has 0 amide bonds. The van der Waals surface area contributed by atoms with E-state index >= 15 is 0 Å². The molecule has 1 unspecified atom stereocenters. The van der Waals surface area contributed by atoms with Crippen molar-refractivity contribution >= 4 is 5.78 Å². The second kappa shape index (κ2) is 7.12. The van der Waals surface area contributed by atoms with Crippen LogP contribution in [0.4, 0.5) is 0 Å². The van der Waals surface area contributed by atoms with Gasteiger partial charge in [-0.1, -0.05) is 71.9 Å². The topological polar surface area (TPSA) is 38.8 Å². The smallest absolute Gasteiger partial charge is 0.193 e. The van der Waals surface area contributed by atoms with Crippen LogP contribution in [-0.4, -0.2) is 25.1 Å². The summed E-state index contributed by atoms with van der Waals surface area (Å²) < 4.78 is 11.0. The first-order valence-corrected chi connectivity index (χ1v) is 9.60. The van der Waals surface area contributed by atoms with E-state index in [-0.39, 0.29) is 22.7 Å². The Labute approximate surface area is 162 Å². The van der Waals surface area contributed by atoms with Gasteiger partial charge in [0, 0.05) is 11.1 Å². The van der Waals surface area contributed by atoms with Gasteiger partial charge in [-0.3, -0.25) is 4.79 Å². The van der Waals surface area contributed by atoms with Crippen molar-refractivity contribution in [3.63, 3.8) is 0 Å². The summed E-state index contributed by atoms with van der Waals surface area (Å²) in [5, 5.41) is 0. The van der Waals surface area contributed by atoms with E-state index in [1.165, 1.54) is 5.56 Å². The Kier molecular flexibility index (Phi) is 5.18. The fraction of sp³-hybridized carbons (Fsp3) is 0.458. The summed E-state index contributed by atoms with van der Waals surface area (Å²) in [6.07, 6.45) is 0.191. The normalized spacial score (nSPS) is 16.9. The fourth-order valence-corrected chi connectivity index (χ4v) is 3.09. The monoisotopic (exact) mass is 366 g/mol. The molecule has 0 spiro atoms. The van der Waals surface area contributed by atoms with Gasteiger partial charge in [0.25, 0.3) is 0 Å². The summed E-state index contributed by atoms with van der Waals surface area (Å²) in [6, 6.07) is 13.8. The van der Waals surface area contributed by atoms with E-state index in [2.05, 4.69) is 53.7 Å². The Balaban J connectivity index is 1.93. The largest absolute Gasteiger partial charge is 0.491 e. The lowest BCUT2D eigenvalue weighted by atomic mass is 9.81. The molecule has 0 radical (unpaired) electrons. The molecule has 1 atom stereocenters. The summed E-state index contributed by atoms with van der Waals surface area (Å²) >= 11 is 0. The summed E-state index contributed by atoms with van der Waals surface area (Å²) in [7, 11) is 0. The van der Waals surface area contributed by atoms with Gasteiger partial charge < -0.3 is 9.47 Å². The molecule has 1 fully saturated rings. The van der Waals surface area contributed by atoms with Crippen molar-refractivity contribution < 1.29 is 14.3 Å². The third-order valence-corrected chi connectivity index (χ3v) is 4.90. The molecule has 0 aliphatic carbocycles. The summed E-state index contributed by atoms with van der Waals surface area (Å²) in [6.45, 7) is 14.2. The van der Waals surface area contributed by atoms with Crippen LogP contribution in [0.5, 0.6) is 5.75 Å². The first-order chi connectivity index (χ1) is 12.6. The summed E-state index contributed by atoms with van der Waals surface area (Å²) in [4.78, 5) is 13.3. The zero-order valence-corrected chi connectivity index (χ0v) is 17.3. The minimum atomic E-state index is -0.130. The molecule has 1 aliphatic heterocycles. The van der Waals surface area contributed by atoms with Crippen LogP contribution in [-0.2, 0) is 15.6 Å². The number of ketones is 1. The van der Waals surface area contributed by atoms with Crippen molar-refractivity contribution in [3.05, 3.63) is 64.7 Å². The van der Waals surface area contributed by atoms with Crippen LogP contribution in [0.25, 0.3) is 0 Å². The van der Waals surface area contributed by atoms with Crippen LogP contribution in [0, 0.1) is 0 Å². The van der Waals surface area contributed by atoms with Gasteiger partial charge in [-0.2, -0.15) is 0 Å². The number of carbonyl (C=O) groups excluding carboxylic acids is 1. The van der Waals surface area contributed by atoms with Crippen LogP contribution in [0.2, 0.25) is 0 Å². The lowest BCUT2D eigenvalue weighted by Gasteiger charge is -2.23. The molecule has 0 saturated carbocycles. The van der Waals surface area contributed by atoms with Crippen LogP contribution >= 0.6 is 0 Å². The Hall–Kier alpha value is -2.13. The van der Waals surface area contributed by atoms with Gasteiger partial charge in [0.2, 0.25) is 0 Å². The lowest BCUT2D eigenvalue weighted by molar-refractivity contribution is 0.103. The Morgan fingerprint density at radius 1 is 1.00 bits per heavy atom. The molecular weight excluding hydrogens is 336 g/mol. The minimum absolute atomic E-state index is 0.0357. The maximum Gasteiger partial charge on any atom is 0.193 e. The molecule has 0 bridgehead atoms. The van der Waals surface area contributed by atoms with Crippen LogP contribution in [0.15, 0.2) is 42.5 Å². The SMILES string of the molecule is CC(C)(C)c1ccc(C(=O)c2cc(OCC3CO3)ccc2C(C)(C)C)cc1. The zero-order valence-electron chi connectivity index (χ0n) is 17.3. The van der Waals surface area contributed by atoms with E-state index in [1.54, 1.807) is 0 Å². The molecule has 3 rings (SSSR count). The van der Waals surface area contributed by atoms with E-state index in [4.69, 9.17) is 9.47 Å². The quantitative estimate of drug-likeness (QED) is 0.533. The second-order valence-electron chi connectivity index (χ2n) is 9.38. The zero-order chi connectivity index (χ0) is 19.8. The number of epoxide rings is 1. The van der Waals surface area contributed by atoms with Crippen LogP contribution < -0.4 is 4.74 Å². The van der Waals surface area contributed by atoms with Gasteiger partial charge in [-0.15, -0.1) is 0 Å². The number of rotatable bonds is 5. The summed E-state index contributed by atoms with van der Waals surface area (Å²) in [5.41, 5.74) is 3.60. The average Bonchev–Trinajstić information content (AvgIpc) is 3.42. The third-order valence-electron chi connectivity index (χ3n) is 4.90. The Morgan fingerprint density at radius 2 is 1.63 bits per heavy atom. The molecule has 0 aromatic heterocycles. The molecule has 2 aromatic rings. The summed E-state index contributed by atoms with van der Waals surface area (Å²) in [5.74, 6) is 0.752. The van der Waals surface area contributed by atoms with Crippen molar-refractivity contribution in [2.45, 2.75) is 58.5 Å². The van der Waals surface area contributed by atoms with E-state index in [0.717, 1.165) is 12.2 Å². The fourth-order valence-electron chi connectivity index (χ4n) is 3.09. The highest BCUT2D eigenvalue weighted by molar-refractivity contribution is 6.10. The molecule has 3 nitrogen and oxygen atoms in total. The molecule has 1 heterocycles. The standard InChI is InChI=1S/C24H30O3/c1-23(2,3)17-9-7-16(8-10-17)22(25)20-13-18(26-14-19-15-27-19)11-12-21(20)24(4,5)6/h7-13,19H,14-15H2,1-6H3. The van der Waals surface area contributed by atoms with Crippen LogP contribution in [0.3, 0.4) is 0 Å². The van der Waals surface area contributed by atoms with Gasteiger partial charge in [-0.25, -0.2) is 0 Å². The highest BCUT2D eigenvalue weighted by Crippen LogP contribution is 2.31. The van der Waals surface area contributed by atoms with Gasteiger partial charge in [0.1, 0.15) is 18.5 Å². The molecule has 1 saturated heterocycles. The maximum atomic E-state index is 13.3. The molecule has 2 aromatic carbocycles. The molecule has 144 valence electrons. The van der Waals surface area contributed by atoms with Gasteiger partial charge >= 0.3 is 0 Å².